The summed E-state index contributed by atoms with van der Waals surface area (Å²) in [6.45, 7) is -0.102. The lowest BCUT2D eigenvalue weighted by Crippen LogP contribution is -2.27. The van der Waals surface area contributed by atoms with Crippen LogP contribution in [0, 0.1) is 20.2 Å². The van der Waals surface area contributed by atoms with Gasteiger partial charge in [-0.25, -0.2) is 0 Å². The minimum Gasteiger partial charge on any atom is -0.493 e. The topological polar surface area (TPSA) is 142 Å². The Hall–Kier alpha value is -4.71. The number of ether oxygens (including phenoxy) is 2. The summed E-state index contributed by atoms with van der Waals surface area (Å²) in [6, 6.07) is 16.8. The van der Waals surface area contributed by atoms with E-state index in [1.165, 1.54) is 43.5 Å². The van der Waals surface area contributed by atoms with Gasteiger partial charge in [-0.1, -0.05) is 30.3 Å². The fraction of sp³-hybridized carbons (Fsp3) is 0.120. The average Bonchev–Trinajstić information content (AvgIpc) is 3.15. The van der Waals surface area contributed by atoms with E-state index in [9.17, 15) is 29.8 Å². The molecule has 0 N–H and O–H groups in total. The van der Waals surface area contributed by atoms with Crippen LogP contribution in [0.5, 0.6) is 11.5 Å². The van der Waals surface area contributed by atoms with E-state index in [-0.39, 0.29) is 29.4 Å². The van der Waals surface area contributed by atoms with Crippen molar-refractivity contribution >= 4 is 40.4 Å². The van der Waals surface area contributed by atoms with Crippen molar-refractivity contribution in [2.45, 2.75) is 13.2 Å². The van der Waals surface area contributed by atoms with E-state index in [2.05, 4.69) is 0 Å². The number of carbonyl (C=O) groups is 2. The van der Waals surface area contributed by atoms with Gasteiger partial charge in [0.25, 0.3) is 22.5 Å². The van der Waals surface area contributed by atoms with E-state index in [1.807, 2.05) is 0 Å². The number of thioether (sulfide) groups is 1. The number of benzene rings is 3. The molecular weight excluding hydrogens is 502 g/mol. The minimum atomic E-state index is -0.527. The third-order valence-electron chi connectivity index (χ3n) is 5.42. The van der Waals surface area contributed by atoms with Gasteiger partial charge in [-0.15, -0.1) is 0 Å². The van der Waals surface area contributed by atoms with Crippen molar-refractivity contribution in [1.82, 2.24) is 4.90 Å². The van der Waals surface area contributed by atoms with Gasteiger partial charge >= 0.3 is 0 Å². The molecule has 0 bridgehead atoms. The van der Waals surface area contributed by atoms with Crippen LogP contribution in [0.2, 0.25) is 0 Å². The van der Waals surface area contributed by atoms with Crippen molar-refractivity contribution in [3.8, 4) is 11.5 Å². The highest BCUT2D eigenvalue weighted by Gasteiger charge is 2.35. The van der Waals surface area contributed by atoms with Crippen molar-refractivity contribution in [3.05, 3.63) is 109 Å². The van der Waals surface area contributed by atoms with Crippen molar-refractivity contribution in [1.29, 1.82) is 0 Å². The molecule has 0 spiro atoms. The van der Waals surface area contributed by atoms with Crippen LogP contribution in [-0.4, -0.2) is 33.0 Å². The molecule has 1 heterocycles. The Morgan fingerprint density at radius 2 is 1.68 bits per heavy atom. The third-order valence-corrected chi connectivity index (χ3v) is 6.33. The van der Waals surface area contributed by atoms with Crippen LogP contribution >= 0.6 is 11.8 Å². The molecule has 3 aromatic rings. The van der Waals surface area contributed by atoms with Crippen LogP contribution in [0.3, 0.4) is 0 Å². The molecule has 0 unspecified atom stereocenters. The Balaban J connectivity index is 1.52. The van der Waals surface area contributed by atoms with Crippen molar-refractivity contribution in [2.24, 2.45) is 0 Å². The molecule has 0 atom stereocenters. The lowest BCUT2D eigenvalue weighted by Gasteiger charge is -2.12. The van der Waals surface area contributed by atoms with Gasteiger partial charge in [0.05, 0.1) is 34.0 Å². The molecule has 1 fully saturated rings. The molecule has 0 aliphatic carbocycles. The lowest BCUT2D eigenvalue weighted by molar-refractivity contribution is -0.385. The maximum Gasteiger partial charge on any atom is 0.293 e. The molecular formula is C25H19N3O8S. The zero-order chi connectivity index (χ0) is 26.5. The first-order valence-corrected chi connectivity index (χ1v) is 11.6. The number of nitro benzene ring substituents is 2. The van der Waals surface area contributed by atoms with Gasteiger partial charge in [0, 0.05) is 18.2 Å². The molecule has 4 rings (SSSR count). The summed E-state index contributed by atoms with van der Waals surface area (Å²) in [4.78, 5) is 47.7. The Bertz CT molecular complexity index is 1420. The van der Waals surface area contributed by atoms with E-state index in [4.69, 9.17) is 9.47 Å². The molecule has 1 aliphatic heterocycles. The van der Waals surface area contributed by atoms with Gasteiger partial charge < -0.3 is 9.47 Å². The summed E-state index contributed by atoms with van der Waals surface area (Å²) in [5.41, 5.74) is 1.35. The average molecular weight is 522 g/mol. The van der Waals surface area contributed by atoms with Crippen molar-refractivity contribution in [2.75, 3.05) is 7.11 Å². The van der Waals surface area contributed by atoms with Crippen LogP contribution in [-0.2, 0) is 17.9 Å². The van der Waals surface area contributed by atoms with E-state index >= 15 is 0 Å². The number of amides is 2. The van der Waals surface area contributed by atoms with Crippen LogP contribution in [0.4, 0.5) is 16.2 Å². The van der Waals surface area contributed by atoms with Crippen LogP contribution in [0.25, 0.3) is 6.08 Å². The zero-order valence-electron chi connectivity index (χ0n) is 19.4. The first kappa shape index (κ1) is 25.4. The first-order valence-electron chi connectivity index (χ1n) is 10.8. The Morgan fingerprint density at radius 3 is 2.35 bits per heavy atom. The standard InChI is InChI=1S/C25H19N3O8S/c1-35-21-11-8-17(12-22(21)36-15-18-4-2-3-5-20(18)28(33)34)13-23-24(29)26(25(30)37-23)14-16-6-9-19(10-7-16)27(31)32/h2-13H,14-15H2,1H3/b23-13-. The second-order valence-corrected chi connectivity index (χ2v) is 8.77. The minimum absolute atomic E-state index is 0.0210. The quantitative estimate of drug-likeness (QED) is 0.207. The predicted octanol–water partition coefficient (Wildman–Crippen LogP) is 5.33. The van der Waals surface area contributed by atoms with Gasteiger partial charge in [0.2, 0.25) is 0 Å². The van der Waals surface area contributed by atoms with Crippen LogP contribution in [0.1, 0.15) is 16.7 Å². The van der Waals surface area contributed by atoms with Gasteiger partial charge in [-0.05, 0) is 47.2 Å². The molecule has 1 saturated heterocycles. The third kappa shape index (κ3) is 5.76. The number of nitro groups is 2. The molecule has 0 saturated carbocycles. The monoisotopic (exact) mass is 521 g/mol. The fourth-order valence-corrected chi connectivity index (χ4v) is 4.39. The Kier molecular flexibility index (Phi) is 7.49. The van der Waals surface area contributed by atoms with Gasteiger partial charge in [0.1, 0.15) is 6.61 Å². The Labute approximate surface area is 214 Å². The predicted molar refractivity (Wildman–Crippen MR) is 135 cm³/mol. The number of nitrogens with zero attached hydrogens (tertiary/aromatic N) is 3. The fourth-order valence-electron chi connectivity index (χ4n) is 3.56. The largest absolute Gasteiger partial charge is 0.493 e. The van der Waals surface area contributed by atoms with Gasteiger partial charge in [-0.3, -0.25) is 34.7 Å². The number of imide groups is 1. The van der Waals surface area contributed by atoms with Gasteiger partial charge in [0.15, 0.2) is 11.5 Å². The molecule has 0 radical (unpaired) electrons. The van der Waals surface area contributed by atoms with Crippen molar-refractivity contribution < 1.29 is 28.9 Å². The summed E-state index contributed by atoms with van der Waals surface area (Å²) >= 11 is 0.778. The molecule has 12 heteroatoms. The maximum absolute atomic E-state index is 12.9. The zero-order valence-corrected chi connectivity index (χ0v) is 20.2. The second kappa shape index (κ2) is 10.9. The summed E-state index contributed by atoms with van der Waals surface area (Å²) < 4.78 is 11.1. The normalized spacial score (nSPS) is 14.2. The molecule has 37 heavy (non-hydrogen) atoms. The number of para-hydroxylation sites is 1. The summed E-state index contributed by atoms with van der Waals surface area (Å²) in [7, 11) is 1.45. The molecule has 3 aromatic carbocycles. The summed E-state index contributed by atoms with van der Waals surface area (Å²) in [5, 5.41) is 21.6. The molecule has 188 valence electrons. The highest BCUT2D eigenvalue weighted by atomic mass is 32.2. The van der Waals surface area contributed by atoms with Crippen LogP contribution < -0.4 is 9.47 Å². The second-order valence-electron chi connectivity index (χ2n) is 7.78. The van der Waals surface area contributed by atoms with E-state index < -0.39 is 21.0 Å². The maximum atomic E-state index is 12.9. The highest BCUT2D eigenvalue weighted by Crippen LogP contribution is 2.36. The van der Waals surface area contributed by atoms with E-state index in [1.54, 1.807) is 36.4 Å². The summed E-state index contributed by atoms with van der Waals surface area (Å²) in [6.07, 6.45) is 1.54. The summed E-state index contributed by atoms with van der Waals surface area (Å²) in [5.74, 6) is 0.202. The van der Waals surface area contributed by atoms with Gasteiger partial charge in [-0.2, -0.15) is 0 Å². The van der Waals surface area contributed by atoms with Crippen molar-refractivity contribution in [3.63, 3.8) is 0 Å². The molecule has 1 aliphatic rings. The number of hydrogen-bond donors (Lipinski definition) is 0. The molecule has 0 aromatic heterocycles. The number of methoxy groups -OCH3 is 1. The van der Waals surface area contributed by atoms with E-state index in [0.717, 1.165) is 16.7 Å². The number of carbonyl (C=O) groups excluding carboxylic acids is 2. The smallest absolute Gasteiger partial charge is 0.293 e. The number of hydrogen-bond acceptors (Lipinski definition) is 9. The lowest BCUT2D eigenvalue weighted by atomic mass is 10.1. The SMILES string of the molecule is COc1ccc(/C=C2\SC(=O)N(Cc3ccc([N+](=O)[O-])cc3)C2=O)cc1OCc1ccccc1[N+](=O)[O-]. The highest BCUT2D eigenvalue weighted by molar-refractivity contribution is 8.18. The Morgan fingerprint density at radius 1 is 0.946 bits per heavy atom. The van der Waals surface area contributed by atoms with E-state index in [0.29, 0.717) is 28.2 Å². The molecule has 2 amide bonds. The number of rotatable bonds is 9. The van der Waals surface area contributed by atoms with Crippen LogP contribution in [0.15, 0.2) is 71.6 Å². The first-order chi connectivity index (χ1) is 17.8. The molecule has 11 nitrogen and oxygen atoms in total. The number of non-ortho nitro benzene ring substituents is 1.